The number of amides is 1. The number of carboxylic acids is 1. The number of hydrogen-bond acceptors (Lipinski definition) is 5. The van der Waals surface area contributed by atoms with Gasteiger partial charge in [0.05, 0.1) is 6.61 Å². The topological polar surface area (TPSA) is 82.1 Å². The van der Waals surface area contributed by atoms with Gasteiger partial charge in [-0.05, 0) is 24.1 Å². The van der Waals surface area contributed by atoms with Gasteiger partial charge in [-0.15, -0.1) is 0 Å². The lowest BCUT2D eigenvalue weighted by Crippen LogP contribution is -2.55. The van der Waals surface area contributed by atoms with Crippen molar-refractivity contribution in [2.75, 3.05) is 39.3 Å². The molecule has 1 atom stereocenters. The second kappa shape index (κ2) is 10.8. The molecule has 1 aromatic rings. The van der Waals surface area contributed by atoms with Gasteiger partial charge in [0.15, 0.2) is 0 Å². The van der Waals surface area contributed by atoms with Crippen LogP contribution in [-0.2, 0) is 16.1 Å². The summed E-state index contributed by atoms with van der Waals surface area (Å²) in [6, 6.07) is 5.62. The average molecular weight is 381 g/mol. The highest BCUT2D eigenvalue weighted by atomic mass is 19.1. The number of benzene rings is 1. The molecule has 1 aliphatic rings. The van der Waals surface area contributed by atoms with E-state index in [2.05, 4.69) is 10.2 Å². The Morgan fingerprint density at radius 2 is 1.89 bits per heavy atom. The summed E-state index contributed by atoms with van der Waals surface area (Å²) in [6.45, 7) is 5.64. The van der Waals surface area contributed by atoms with Crippen molar-refractivity contribution in [3.05, 3.63) is 35.6 Å². The molecule has 2 N–H and O–H groups in total. The monoisotopic (exact) mass is 381 g/mol. The number of carboxylic acid groups (broad SMARTS) is 1. The zero-order valence-corrected chi connectivity index (χ0v) is 15.7. The summed E-state index contributed by atoms with van der Waals surface area (Å²) in [6.07, 6.45) is 1.13. The molecule has 1 aromatic carbocycles. The Kier molecular flexibility index (Phi) is 8.47. The Balaban J connectivity index is 1.77. The second-order valence-electron chi connectivity index (χ2n) is 6.66. The Hall–Kier alpha value is -2.19. The lowest BCUT2D eigenvalue weighted by Gasteiger charge is -2.37. The lowest BCUT2D eigenvalue weighted by molar-refractivity contribution is -0.143. The SMILES string of the molecule is CCCCOC(=O)NCC(C(=O)O)N1CCN(Cc2ccc(F)cc2)CC1. The third kappa shape index (κ3) is 7.15. The van der Waals surface area contributed by atoms with Crippen molar-refractivity contribution in [3.8, 4) is 0 Å². The van der Waals surface area contributed by atoms with E-state index in [1.165, 1.54) is 12.1 Å². The van der Waals surface area contributed by atoms with Gasteiger partial charge in [0.25, 0.3) is 0 Å². The predicted octanol–water partition coefficient (Wildman–Crippen LogP) is 1.92. The van der Waals surface area contributed by atoms with Gasteiger partial charge in [-0.25, -0.2) is 9.18 Å². The molecule has 1 saturated heterocycles. The fourth-order valence-corrected chi connectivity index (χ4v) is 2.99. The Morgan fingerprint density at radius 3 is 2.48 bits per heavy atom. The molecule has 7 nitrogen and oxygen atoms in total. The molecule has 27 heavy (non-hydrogen) atoms. The van der Waals surface area contributed by atoms with Crippen LogP contribution < -0.4 is 5.32 Å². The quantitative estimate of drug-likeness (QED) is 0.636. The van der Waals surface area contributed by atoms with Gasteiger partial charge in [-0.1, -0.05) is 25.5 Å². The van der Waals surface area contributed by atoms with Gasteiger partial charge >= 0.3 is 12.1 Å². The Morgan fingerprint density at radius 1 is 1.22 bits per heavy atom. The summed E-state index contributed by atoms with van der Waals surface area (Å²) >= 11 is 0. The summed E-state index contributed by atoms with van der Waals surface area (Å²) < 4.78 is 18.0. The molecule has 2 rings (SSSR count). The number of hydrogen-bond donors (Lipinski definition) is 2. The fraction of sp³-hybridized carbons (Fsp3) is 0.579. The number of nitrogens with zero attached hydrogens (tertiary/aromatic N) is 2. The Labute approximate surface area is 159 Å². The zero-order chi connectivity index (χ0) is 19.6. The van der Waals surface area contributed by atoms with Crippen LogP contribution in [0.2, 0.25) is 0 Å². The van der Waals surface area contributed by atoms with E-state index in [0.29, 0.717) is 39.3 Å². The van der Waals surface area contributed by atoms with E-state index < -0.39 is 18.1 Å². The molecule has 0 aromatic heterocycles. The van der Waals surface area contributed by atoms with Crippen molar-refractivity contribution >= 4 is 12.1 Å². The highest BCUT2D eigenvalue weighted by Gasteiger charge is 2.29. The van der Waals surface area contributed by atoms with E-state index in [1.807, 2.05) is 11.8 Å². The van der Waals surface area contributed by atoms with Crippen LogP contribution in [0.4, 0.5) is 9.18 Å². The minimum Gasteiger partial charge on any atom is -0.480 e. The van der Waals surface area contributed by atoms with Gasteiger partial charge in [-0.3, -0.25) is 14.6 Å². The third-order valence-corrected chi connectivity index (χ3v) is 4.62. The largest absolute Gasteiger partial charge is 0.480 e. The molecule has 1 unspecified atom stereocenters. The normalized spacial score (nSPS) is 16.7. The summed E-state index contributed by atoms with van der Waals surface area (Å²) in [5.74, 6) is -1.22. The number of nitrogens with one attached hydrogen (secondary N) is 1. The van der Waals surface area contributed by atoms with Crippen LogP contribution in [0.5, 0.6) is 0 Å². The number of rotatable bonds is 9. The van der Waals surface area contributed by atoms with Gasteiger partial charge in [0.2, 0.25) is 0 Å². The summed E-state index contributed by atoms with van der Waals surface area (Å²) in [5, 5.41) is 12.0. The zero-order valence-electron chi connectivity index (χ0n) is 15.7. The average Bonchev–Trinajstić information content (AvgIpc) is 2.65. The molecule has 8 heteroatoms. The number of piperazine rings is 1. The molecular formula is C19H28FN3O4. The molecule has 0 aliphatic carbocycles. The summed E-state index contributed by atoms with van der Waals surface area (Å²) in [4.78, 5) is 27.3. The number of halogens is 1. The minimum absolute atomic E-state index is 0.0122. The minimum atomic E-state index is -0.962. The highest BCUT2D eigenvalue weighted by Crippen LogP contribution is 2.11. The Bertz CT molecular complexity index is 603. The van der Waals surface area contributed by atoms with Crippen molar-refractivity contribution < 1.29 is 23.8 Å². The summed E-state index contributed by atoms with van der Waals surface area (Å²) in [5.41, 5.74) is 1.02. The van der Waals surface area contributed by atoms with Crippen LogP contribution in [0, 0.1) is 5.82 Å². The first kappa shape index (κ1) is 21.1. The standard InChI is InChI=1S/C19H28FN3O4/c1-2-3-12-27-19(26)21-13-17(18(24)25)23-10-8-22(9-11-23)14-15-4-6-16(20)7-5-15/h4-7,17H,2-3,8-14H2,1H3,(H,21,26)(H,24,25). The number of ether oxygens (including phenoxy) is 1. The first-order chi connectivity index (χ1) is 13.0. The molecule has 1 fully saturated rings. The van der Waals surface area contributed by atoms with Crippen LogP contribution in [0.3, 0.4) is 0 Å². The van der Waals surface area contributed by atoms with Crippen molar-refractivity contribution in [1.29, 1.82) is 0 Å². The van der Waals surface area contributed by atoms with E-state index >= 15 is 0 Å². The van der Waals surface area contributed by atoms with E-state index in [4.69, 9.17) is 4.74 Å². The summed E-state index contributed by atoms with van der Waals surface area (Å²) in [7, 11) is 0. The first-order valence-corrected chi connectivity index (χ1v) is 9.34. The van der Waals surface area contributed by atoms with Crippen molar-refractivity contribution in [3.63, 3.8) is 0 Å². The maximum atomic E-state index is 13.0. The van der Waals surface area contributed by atoms with E-state index in [-0.39, 0.29) is 12.4 Å². The number of alkyl carbamates (subject to hydrolysis) is 1. The molecule has 0 saturated carbocycles. The molecule has 1 aliphatic heterocycles. The number of carbonyl (C=O) groups excluding carboxylic acids is 1. The van der Waals surface area contributed by atoms with E-state index in [1.54, 1.807) is 12.1 Å². The predicted molar refractivity (Wildman–Crippen MR) is 98.9 cm³/mol. The van der Waals surface area contributed by atoms with Crippen molar-refractivity contribution in [2.24, 2.45) is 0 Å². The molecular weight excluding hydrogens is 353 g/mol. The van der Waals surface area contributed by atoms with Crippen molar-refractivity contribution in [1.82, 2.24) is 15.1 Å². The fourth-order valence-electron chi connectivity index (χ4n) is 2.99. The molecule has 1 amide bonds. The lowest BCUT2D eigenvalue weighted by atomic mass is 10.1. The van der Waals surface area contributed by atoms with Crippen LogP contribution in [0.25, 0.3) is 0 Å². The van der Waals surface area contributed by atoms with Gasteiger partial charge in [-0.2, -0.15) is 0 Å². The van der Waals surface area contributed by atoms with Crippen LogP contribution >= 0.6 is 0 Å². The molecule has 0 bridgehead atoms. The highest BCUT2D eigenvalue weighted by molar-refractivity contribution is 5.75. The number of aliphatic carboxylic acids is 1. The first-order valence-electron chi connectivity index (χ1n) is 9.34. The van der Waals surface area contributed by atoms with Crippen molar-refractivity contribution in [2.45, 2.75) is 32.4 Å². The number of carbonyl (C=O) groups is 2. The maximum Gasteiger partial charge on any atom is 0.407 e. The smallest absolute Gasteiger partial charge is 0.407 e. The van der Waals surface area contributed by atoms with Gasteiger partial charge < -0.3 is 15.2 Å². The van der Waals surface area contributed by atoms with Gasteiger partial charge in [0.1, 0.15) is 11.9 Å². The molecule has 0 spiro atoms. The maximum absolute atomic E-state index is 13.0. The molecule has 0 radical (unpaired) electrons. The number of unbranched alkanes of at least 4 members (excludes halogenated alkanes) is 1. The van der Waals surface area contributed by atoms with Gasteiger partial charge in [0, 0.05) is 39.3 Å². The third-order valence-electron chi connectivity index (χ3n) is 4.62. The van der Waals surface area contributed by atoms with E-state index in [9.17, 15) is 19.1 Å². The van der Waals surface area contributed by atoms with Crippen LogP contribution in [0.1, 0.15) is 25.3 Å². The van der Waals surface area contributed by atoms with Crippen LogP contribution in [0.15, 0.2) is 24.3 Å². The van der Waals surface area contributed by atoms with Crippen LogP contribution in [-0.4, -0.2) is 72.3 Å². The molecule has 150 valence electrons. The van der Waals surface area contributed by atoms with E-state index in [0.717, 1.165) is 18.4 Å². The second-order valence-corrected chi connectivity index (χ2v) is 6.66. The molecule has 1 heterocycles.